The largest absolute Gasteiger partial charge is 0.469 e. The topological polar surface area (TPSA) is 26.3 Å². The van der Waals surface area contributed by atoms with E-state index in [2.05, 4.69) is 28.1 Å². The molecule has 0 aliphatic rings. The number of carbonyl (C=O) groups excluding carboxylic acids is 1. The third kappa shape index (κ3) is 4.87. The number of aryl methyl sites for hydroxylation is 2. The molecule has 0 heterocycles. The summed E-state index contributed by atoms with van der Waals surface area (Å²) < 4.78 is 5.72. The van der Waals surface area contributed by atoms with Crippen molar-refractivity contribution in [1.82, 2.24) is 0 Å². The van der Waals surface area contributed by atoms with Crippen LogP contribution in [0.1, 0.15) is 16.7 Å². The fourth-order valence-electron chi connectivity index (χ4n) is 2.24. The van der Waals surface area contributed by atoms with Crippen LogP contribution in [-0.2, 0) is 28.8 Å². The second kappa shape index (κ2) is 7.62. The van der Waals surface area contributed by atoms with E-state index in [1.165, 1.54) is 18.2 Å². The molecule has 0 aliphatic carbocycles. The van der Waals surface area contributed by atoms with E-state index in [9.17, 15) is 4.79 Å². The van der Waals surface area contributed by atoms with Gasteiger partial charge in [-0.05, 0) is 47.7 Å². The van der Waals surface area contributed by atoms with Crippen LogP contribution in [0.2, 0.25) is 5.02 Å². The number of methoxy groups -OCH3 is 1. The molecule has 0 amide bonds. The summed E-state index contributed by atoms with van der Waals surface area (Å²) in [7, 11) is 1.41. The predicted octanol–water partition coefficient (Wildman–Crippen LogP) is 4.60. The summed E-state index contributed by atoms with van der Waals surface area (Å²) in [6.07, 6.45) is 2.04. The zero-order valence-corrected chi connectivity index (χ0v) is 14.1. The average molecular weight is 368 g/mol. The highest BCUT2D eigenvalue weighted by molar-refractivity contribution is 9.10. The van der Waals surface area contributed by atoms with Crippen molar-refractivity contribution in [3.63, 3.8) is 0 Å². The molecule has 110 valence electrons. The van der Waals surface area contributed by atoms with E-state index in [0.29, 0.717) is 6.42 Å². The Bertz CT molecular complexity index is 620. The van der Waals surface area contributed by atoms with Crippen molar-refractivity contribution >= 4 is 33.5 Å². The fraction of sp³-hybridized carbons (Fsp3) is 0.235. The van der Waals surface area contributed by atoms with Crippen molar-refractivity contribution in [2.75, 3.05) is 7.11 Å². The van der Waals surface area contributed by atoms with Crippen molar-refractivity contribution in [2.24, 2.45) is 0 Å². The van der Waals surface area contributed by atoms with Crippen LogP contribution in [0.4, 0.5) is 0 Å². The number of esters is 1. The van der Waals surface area contributed by atoms with Gasteiger partial charge in [0.25, 0.3) is 0 Å². The molecule has 21 heavy (non-hydrogen) atoms. The SMILES string of the molecule is COC(=O)Cc1ccccc1CCc1cc(Cl)cc(Br)c1. The van der Waals surface area contributed by atoms with Gasteiger partial charge in [-0.2, -0.15) is 0 Å². The van der Waals surface area contributed by atoms with Gasteiger partial charge < -0.3 is 4.74 Å². The Morgan fingerprint density at radius 1 is 1.14 bits per heavy atom. The smallest absolute Gasteiger partial charge is 0.309 e. The Hall–Kier alpha value is -1.32. The third-order valence-electron chi connectivity index (χ3n) is 3.29. The summed E-state index contributed by atoms with van der Waals surface area (Å²) in [6, 6.07) is 13.9. The summed E-state index contributed by atoms with van der Waals surface area (Å²) in [5.74, 6) is -0.215. The number of carbonyl (C=O) groups is 1. The van der Waals surface area contributed by atoms with E-state index in [-0.39, 0.29) is 5.97 Å². The Morgan fingerprint density at radius 3 is 2.52 bits per heavy atom. The van der Waals surface area contributed by atoms with E-state index in [4.69, 9.17) is 16.3 Å². The minimum absolute atomic E-state index is 0.215. The summed E-state index contributed by atoms with van der Waals surface area (Å²) >= 11 is 9.51. The number of benzene rings is 2. The molecule has 0 bridgehead atoms. The lowest BCUT2D eigenvalue weighted by Gasteiger charge is -2.09. The highest BCUT2D eigenvalue weighted by Gasteiger charge is 2.08. The lowest BCUT2D eigenvalue weighted by molar-refractivity contribution is -0.139. The Morgan fingerprint density at radius 2 is 1.86 bits per heavy atom. The molecule has 0 radical (unpaired) electrons. The zero-order chi connectivity index (χ0) is 15.2. The van der Waals surface area contributed by atoms with Crippen LogP contribution in [0.3, 0.4) is 0 Å². The highest BCUT2D eigenvalue weighted by Crippen LogP contribution is 2.21. The maximum Gasteiger partial charge on any atom is 0.309 e. The fourth-order valence-corrected chi connectivity index (χ4v) is 3.17. The molecule has 0 atom stereocenters. The molecule has 2 nitrogen and oxygen atoms in total. The van der Waals surface area contributed by atoms with Gasteiger partial charge in [0.15, 0.2) is 0 Å². The average Bonchev–Trinajstić information content (AvgIpc) is 2.45. The van der Waals surface area contributed by atoms with Gasteiger partial charge >= 0.3 is 5.97 Å². The molecule has 0 saturated heterocycles. The Balaban J connectivity index is 2.10. The lowest BCUT2D eigenvalue weighted by atomic mass is 9.98. The molecule has 0 aliphatic heterocycles. The quantitative estimate of drug-likeness (QED) is 0.722. The number of hydrogen-bond acceptors (Lipinski definition) is 2. The summed E-state index contributed by atoms with van der Waals surface area (Å²) in [6.45, 7) is 0. The van der Waals surface area contributed by atoms with Crippen molar-refractivity contribution < 1.29 is 9.53 Å². The summed E-state index contributed by atoms with van der Waals surface area (Å²) in [5.41, 5.74) is 3.35. The minimum atomic E-state index is -0.215. The zero-order valence-electron chi connectivity index (χ0n) is 11.7. The first-order chi connectivity index (χ1) is 10.1. The van der Waals surface area contributed by atoms with Crippen LogP contribution in [0, 0.1) is 0 Å². The van der Waals surface area contributed by atoms with Gasteiger partial charge in [0.1, 0.15) is 0 Å². The van der Waals surface area contributed by atoms with Gasteiger partial charge in [-0.3, -0.25) is 4.79 Å². The molecule has 2 rings (SSSR count). The number of hydrogen-bond donors (Lipinski definition) is 0. The van der Waals surface area contributed by atoms with E-state index >= 15 is 0 Å². The first-order valence-corrected chi connectivity index (χ1v) is 7.84. The van der Waals surface area contributed by atoms with Crippen molar-refractivity contribution in [3.05, 3.63) is 68.7 Å². The summed E-state index contributed by atoms with van der Waals surface area (Å²) in [4.78, 5) is 11.5. The molecule has 2 aromatic rings. The Labute approximate surface area is 138 Å². The minimum Gasteiger partial charge on any atom is -0.469 e. The molecule has 0 fully saturated rings. The van der Waals surface area contributed by atoms with Gasteiger partial charge in [-0.25, -0.2) is 0 Å². The van der Waals surface area contributed by atoms with Crippen molar-refractivity contribution in [3.8, 4) is 0 Å². The number of ether oxygens (including phenoxy) is 1. The van der Waals surface area contributed by atoms with Crippen LogP contribution in [0.25, 0.3) is 0 Å². The normalized spacial score (nSPS) is 10.4. The monoisotopic (exact) mass is 366 g/mol. The van der Waals surface area contributed by atoms with E-state index in [1.54, 1.807) is 0 Å². The van der Waals surface area contributed by atoms with Crippen LogP contribution in [-0.4, -0.2) is 13.1 Å². The second-order valence-corrected chi connectivity index (χ2v) is 6.15. The Kier molecular flexibility index (Phi) is 5.83. The maximum atomic E-state index is 11.5. The lowest BCUT2D eigenvalue weighted by Crippen LogP contribution is -2.07. The molecule has 4 heteroatoms. The van der Waals surface area contributed by atoms with Crippen LogP contribution in [0.5, 0.6) is 0 Å². The van der Waals surface area contributed by atoms with Gasteiger partial charge in [0, 0.05) is 9.50 Å². The molecule has 0 saturated carbocycles. The molecule has 0 aromatic heterocycles. The van der Waals surface area contributed by atoms with Gasteiger partial charge in [0.05, 0.1) is 13.5 Å². The highest BCUT2D eigenvalue weighted by atomic mass is 79.9. The molecule has 0 spiro atoms. The first-order valence-electron chi connectivity index (χ1n) is 6.67. The maximum absolute atomic E-state index is 11.5. The molecular formula is C17H16BrClO2. The van der Waals surface area contributed by atoms with E-state index < -0.39 is 0 Å². The van der Waals surface area contributed by atoms with E-state index in [0.717, 1.165) is 27.9 Å². The first kappa shape index (κ1) is 16.1. The number of halogens is 2. The van der Waals surface area contributed by atoms with Gasteiger partial charge in [-0.15, -0.1) is 0 Å². The van der Waals surface area contributed by atoms with Crippen LogP contribution in [0.15, 0.2) is 46.9 Å². The predicted molar refractivity (Wildman–Crippen MR) is 88.7 cm³/mol. The van der Waals surface area contributed by atoms with E-state index in [1.807, 2.05) is 30.3 Å². The van der Waals surface area contributed by atoms with Gasteiger partial charge in [0.2, 0.25) is 0 Å². The molecule has 2 aromatic carbocycles. The van der Waals surface area contributed by atoms with Gasteiger partial charge in [-0.1, -0.05) is 51.8 Å². The van der Waals surface area contributed by atoms with Crippen LogP contribution < -0.4 is 0 Å². The van der Waals surface area contributed by atoms with Crippen molar-refractivity contribution in [2.45, 2.75) is 19.3 Å². The summed E-state index contributed by atoms with van der Waals surface area (Å²) in [5, 5.41) is 0.724. The molecular weight excluding hydrogens is 352 g/mol. The third-order valence-corrected chi connectivity index (χ3v) is 3.96. The standard InChI is InChI=1S/C17H16BrClO2/c1-21-17(20)10-14-5-3-2-4-13(14)7-6-12-8-15(18)11-16(19)9-12/h2-5,8-9,11H,6-7,10H2,1H3. The molecule has 0 unspecified atom stereocenters. The second-order valence-electron chi connectivity index (χ2n) is 4.80. The number of rotatable bonds is 5. The van der Waals surface area contributed by atoms with Crippen molar-refractivity contribution in [1.29, 1.82) is 0 Å². The van der Waals surface area contributed by atoms with Crippen LogP contribution >= 0.6 is 27.5 Å². The molecule has 0 N–H and O–H groups in total.